The molecule has 2 fully saturated rings. The monoisotopic (exact) mass is 333 g/mol. The summed E-state index contributed by atoms with van der Waals surface area (Å²) in [5.74, 6) is 3.25. The minimum Gasteiger partial charge on any atom is -0.338 e. The fraction of sp³-hybridized carbons (Fsp3) is 0.611. The third kappa shape index (κ3) is 4.64. The van der Waals surface area contributed by atoms with E-state index in [0.29, 0.717) is 5.92 Å². The van der Waals surface area contributed by atoms with Gasteiger partial charge in [-0.3, -0.25) is 4.90 Å². The van der Waals surface area contributed by atoms with Gasteiger partial charge < -0.3 is 10.6 Å². The number of amides is 2. The third-order valence-electron chi connectivity index (χ3n) is 5.02. The van der Waals surface area contributed by atoms with Crippen LogP contribution in [0.2, 0.25) is 0 Å². The molecule has 5 heteroatoms. The van der Waals surface area contributed by atoms with E-state index in [2.05, 4.69) is 27.3 Å². The van der Waals surface area contributed by atoms with Crippen molar-refractivity contribution in [3.8, 4) is 0 Å². The smallest absolute Gasteiger partial charge is 0.319 e. The number of piperidine rings is 1. The van der Waals surface area contributed by atoms with Crippen LogP contribution in [0.5, 0.6) is 0 Å². The Balaban J connectivity index is 1.38. The van der Waals surface area contributed by atoms with Gasteiger partial charge in [0.2, 0.25) is 0 Å². The maximum absolute atomic E-state index is 12.0. The van der Waals surface area contributed by atoms with E-state index in [1.165, 1.54) is 43.9 Å². The highest BCUT2D eigenvalue weighted by Crippen LogP contribution is 2.26. The average Bonchev–Trinajstić information content (AvgIpc) is 3.10. The number of benzene rings is 1. The van der Waals surface area contributed by atoms with Crippen LogP contribution in [-0.2, 0) is 0 Å². The lowest BCUT2D eigenvalue weighted by Gasteiger charge is -2.35. The van der Waals surface area contributed by atoms with Crippen LogP contribution < -0.4 is 10.6 Å². The number of nitrogens with zero attached hydrogens (tertiary/aromatic N) is 1. The summed E-state index contributed by atoms with van der Waals surface area (Å²) in [5, 5.41) is 5.98. The van der Waals surface area contributed by atoms with Crippen LogP contribution in [-0.4, -0.2) is 48.1 Å². The maximum Gasteiger partial charge on any atom is 0.319 e. The van der Waals surface area contributed by atoms with Crippen molar-refractivity contribution in [2.45, 2.75) is 32.2 Å². The fourth-order valence-electron chi connectivity index (χ4n) is 3.45. The lowest BCUT2D eigenvalue weighted by atomic mass is 9.95. The van der Waals surface area contributed by atoms with E-state index in [4.69, 9.17) is 0 Å². The Labute approximate surface area is 143 Å². The Morgan fingerprint density at radius 2 is 2.04 bits per heavy atom. The summed E-state index contributed by atoms with van der Waals surface area (Å²) in [6.07, 6.45) is 3.75. The molecule has 126 valence electrons. The number of nitrogens with one attached hydrogen (secondary N) is 2. The molecule has 4 nitrogen and oxygen atoms in total. The first-order valence-electron chi connectivity index (χ1n) is 8.64. The Morgan fingerprint density at radius 1 is 1.26 bits per heavy atom. The number of thioether (sulfide) groups is 1. The van der Waals surface area contributed by atoms with Crippen molar-refractivity contribution in [1.29, 1.82) is 0 Å². The number of para-hydroxylation sites is 1. The normalized spacial score (nSPS) is 22.9. The van der Waals surface area contributed by atoms with Crippen LogP contribution in [0.15, 0.2) is 24.3 Å². The van der Waals surface area contributed by atoms with Crippen LogP contribution in [0.3, 0.4) is 0 Å². The van der Waals surface area contributed by atoms with Crippen LogP contribution >= 0.6 is 11.8 Å². The molecule has 23 heavy (non-hydrogen) atoms. The first kappa shape index (κ1) is 16.7. The van der Waals surface area contributed by atoms with E-state index >= 15 is 0 Å². The van der Waals surface area contributed by atoms with Gasteiger partial charge in [-0.2, -0.15) is 11.8 Å². The Kier molecular flexibility index (Phi) is 5.84. The van der Waals surface area contributed by atoms with Gasteiger partial charge in [0, 0.05) is 24.0 Å². The largest absolute Gasteiger partial charge is 0.338 e. The predicted molar refractivity (Wildman–Crippen MR) is 98.2 cm³/mol. The molecular formula is C18H27N3OS. The molecule has 0 aromatic heterocycles. The molecular weight excluding hydrogens is 306 g/mol. The topological polar surface area (TPSA) is 44.4 Å². The molecule has 2 N–H and O–H groups in total. The van der Waals surface area contributed by atoms with Crippen molar-refractivity contribution in [1.82, 2.24) is 10.2 Å². The first-order chi connectivity index (χ1) is 11.2. The van der Waals surface area contributed by atoms with Gasteiger partial charge >= 0.3 is 6.03 Å². The van der Waals surface area contributed by atoms with Crippen LogP contribution in [0.4, 0.5) is 10.5 Å². The molecule has 0 bridgehead atoms. The molecule has 1 aromatic rings. The molecule has 0 aliphatic carbocycles. The maximum atomic E-state index is 12.0. The van der Waals surface area contributed by atoms with Crippen molar-refractivity contribution in [2.75, 3.05) is 36.5 Å². The number of carbonyl (C=O) groups excluding carboxylic acids is 1. The van der Waals surface area contributed by atoms with E-state index in [-0.39, 0.29) is 6.03 Å². The minimum atomic E-state index is -0.0890. The van der Waals surface area contributed by atoms with E-state index < -0.39 is 0 Å². The molecule has 2 aliphatic rings. The molecule has 0 spiro atoms. The number of likely N-dealkylation sites (tertiary alicyclic amines) is 1. The van der Waals surface area contributed by atoms with Crippen molar-refractivity contribution in [2.24, 2.45) is 5.92 Å². The number of anilines is 1. The standard InChI is InChI=1S/C18H27N3OS/c1-14-4-2-3-5-17(14)20-18(22)19-12-15-6-9-21(10-7-15)16-8-11-23-13-16/h2-5,15-16H,6-13H2,1H3,(H2,19,20,22)/t16-/m0/s1. The zero-order valence-electron chi connectivity index (χ0n) is 13.9. The molecule has 2 amide bonds. The highest BCUT2D eigenvalue weighted by atomic mass is 32.2. The van der Waals surface area contributed by atoms with E-state index in [0.717, 1.165) is 23.8 Å². The highest BCUT2D eigenvalue weighted by molar-refractivity contribution is 7.99. The predicted octanol–water partition coefficient (Wildman–Crippen LogP) is 3.33. The zero-order valence-corrected chi connectivity index (χ0v) is 14.7. The van der Waals surface area contributed by atoms with Gasteiger partial charge in [-0.05, 0) is 62.6 Å². The van der Waals surface area contributed by atoms with Crippen LogP contribution in [0, 0.1) is 12.8 Å². The SMILES string of the molecule is Cc1ccccc1NC(=O)NCC1CCN([C@H]2CCSC2)CC1. The Morgan fingerprint density at radius 3 is 2.74 bits per heavy atom. The van der Waals surface area contributed by atoms with Gasteiger partial charge in [0.15, 0.2) is 0 Å². The molecule has 0 radical (unpaired) electrons. The van der Waals surface area contributed by atoms with E-state index in [1.807, 2.05) is 31.2 Å². The summed E-state index contributed by atoms with van der Waals surface area (Å²) in [6, 6.07) is 8.58. The van der Waals surface area contributed by atoms with Crippen LogP contribution in [0.1, 0.15) is 24.8 Å². The number of hydrogen-bond acceptors (Lipinski definition) is 3. The highest BCUT2D eigenvalue weighted by Gasteiger charge is 2.27. The number of rotatable bonds is 4. The van der Waals surface area contributed by atoms with Gasteiger partial charge in [0.05, 0.1) is 0 Å². The number of hydrogen-bond donors (Lipinski definition) is 2. The Bertz CT molecular complexity index is 523. The molecule has 1 aromatic carbocycles. The van der Waals surface area contributed by atoms with Gasteiger partial charge in [0.1, 0.15) is 0 Å². The van der Waals surface area contributed by atoms with Crippen LogP contribution in [0.25, 0.3) is 0 Å². The van der Waals surface area contributed by atoms with Crippen molar-refractivity contribution in [3.63, 3.8) is 0 Å². The zero-order chi connectivity index (χ0) is 16.1. The lowest BCUT2D eigenvalue weighted by Crippen LogP contribution is -2.44. The number of urea groups is 1. The van der Waals surface area contributed by atoms with Crippen molar-refractivity contribution < 1.29 is 4.79 Å². The molecule has 2 saturated heterocycles. The third-order valence-corrected chi connectivity index (χ3v) is 6.16. The van der Waals surface area contributed by atoms with Crippen molar-refractivity contribution in [3.05, 3.63) is 29.8 Å². The first-order valence-corrected chi connectivity index (χ1v) is 9.80. The van der Waals surface area contributed by atoms with Gasteiger partial charge in [-0.25, -0.2) is 4.79 Å². The summed E-state index contributed by atoms with van der Waals surface area (Å²) >= 11 is 2.09. The molecule has 0 unspecified atom stereocenters. The fourth-order valence-corrected chi connectivity index (χ4v) is 4.70. The van der Waals surface area contributed by atoms with Gasteiger partial charge in [-0.1, -0.05) is 18.2 Å². The minimum absolute atomic E-state index is 0.0890. The summed E-state index contributed by atoms with van der Waals surface area (Å²) < 4.78 is 0. The molecule has 2 aliphatic heterocycles. The second kappa shape index (κ2) is 8.06. The summed E-state index contributed by atoms with van der Waals surface area (Å²) in [6.45, 7) is 5.17. The quantitative estimate of drug-likeness (QED) is 0.888. The van der Waals surface area contributed by atoms with Gasteiger partial charge in [-0.15, -0.1) is 0 Å². The second-order valence-corrected chi connectivity index (χ2v) is 7.80. The number of aryl methyl sites for hydroxylation is 1. The summed E-state index contributed by atoms with van der Waals surface area (Å²) in [7, 11) is 0. The average molecular weight is 334 g/mol. The Hall–Kier alpha value is -1.20. The number of carbonyl (C=O) groups is 1. The molecule has 0 saturated carbocycles. The van der Waals surface area contributed by atoms with E-state index in [9.17, 15) is 4.79 Å². The molecule has 1 atom stereocenters. The van der Waals surface area contributed by atoms with Crippen molar-refractivity contribution >= 4 is 23.5 Å². The second-order valence-electron chi connectivity index (χ2n) is 6.65. The van der Waals surface area contributed by atoms with Gasteiger partial charge in [0.25, 0.3) is 0 Å². The lowest BCUT2D eigenvalue weighted by molar-refractivity contribution is 0.143. The summed E-state index contributed by atoms with van der Waals surface area (Å²) in [5.41, 5.74) is 1.98. The van der Waals surface area contributed by atoms with E-state index in [1.54, 1.807) is 0 Å². The summed E-state index contributed by atoms with van der Waals surface area (Å²) in [4.78, 5) is 14.7. The molecule has 2 heterocycles. The molecule has 3 rings (SSSR count).